The summed E-state index contributed by atoms with van der Waals surface area (Å²) in [5.41, 5.74) is 0. The third kappa shape index (κ3) is 3.54. The zero-order valence-corrected chi connectivity index (χ0v) is 8.18. The zero-order valence-electron chi connectivity index (χ0n) is 8.18. The van der Waals surface area contributed by atoms with Gasteiger partial charge in [-0.3, -0.25) is 4.79 Å². The van der Waals surface area contributed by atoms with Crippen molar-refractivity contribution in [1.82, 2.24) is 0 Å². The second kappa shape index (κ2) is 5.34. The zero-order chi connectivity index (χ0) is 8.85. The number of rotatable bonds is 5. The van der Waals surface area contributed by atoms with E-state index in [1.165, 1.54) is 0 Å². The van der Waals surface area contributed by atoms with Crippen LogP contribution in [-0.2, 0) is 4.79 Å². The second-order valence-electron chi connectivity index (χ2n) is 3.46. The van der Waals surface area contributed by atoms with Gasteiger partial charge in [-0.15, -0.1) is 0 Å². The molecule has 1 atom stereocenters. The van der Waals surface area contributed by atoms with Gasteiger partial charge in [-0.25, -0.2) is 0 Å². The second-order valence-corrected chi connectivity index (χ2v) is 3.46. The van der Waals surface area contributed by atoms with E-state index in [0.29, 0.717) is 24.0 Å². The molecular formula is C10H20O. The van der Waals surface area contributed by atoms with Gasteiger partial charge in [-0.05, 0) is 12.3 Å². The highest BCUT2D eigenvalue weighted by Crippen LogP contribution is 2.19. The summed E-state index contributed by atoms with van der Waals surface area (Å²) in [6.07, 6.45) is 2.88. The van der Waals surface area contributed by atoms with Crippen molar-refractivity contribution in [2.75, 3.05) is 0 Å². The van der Waals surface area contributed by atoms with Gasteiger partial charge in [0.15, 0.2) is 0 Å². The lowest BCUT2D eigenvalue weighted by molar-refractivity contribution is -0.124. The highest BCUT2D eigenvalue weighted by molar-refractivity contribution is 5.80. The van der Waals surface area contributed by atoms with E-state index in [1.807, 2.05) is 6.92 Å². The molecule has 0 aliphatic rings. The first-order valence-corrected chi connectivity index (χ1v) is 4.66. The minimum Gasteiger partial charge on any atom is -0.299 e. The molecule has 0 fully saturated rings. The molecule has 0 heterocycles. The lowest BCUT2D eigenvalue weighted by Gasteiger charge is -2.17. The maximum Gasteiger partial charge on any atom is 0.135 e. The summed E-state index contributed by atoms with van der Waals surface area (Å²) in [6, 6.07) is 0. The smallest absolute Gasteiger partial charge is 0.135 e. The Morgan fingerprint density at radius 1 is 1.27 bits per heavy atom. The van der Waals surface area contributed by atoms with Gasteiger partial charge in [-0.1, -0.05) is 34.1 Å². The fourth-order valence-electron chi connectivity index (χ4n) is 1.44. The van der Waals surface area contributed by atoms with Crippen molar-refractivity contribution < 1.29 is 4.79 Å². The van der Waals surface area contributed by atoms with E-state index >= 15 is 0 Å². The third-order valence-corrected chi connectivity index (χ3v) is 2.17. The highest BCUT2D eigenvalue weighted by Gasteiger charge is 2.18. The Morgan fingerprint density at radius 2 is 1.82 bits per heavy atom. The molecular weight excluding hydrogens is 136 g/mol. The lowest BCUT2D eigenvalue weighted by atomic mass is 9.87. The Balaban J connectivity index is 3.98. The maximum absolute atomic E-state index is 11.3. The maximum atomic E-state index is 11.3. The van der Waals surface area contributed by atoms with Gasteiger partial charge < -0.3 is 0 Å². The van der Waals surface area contributed by atoms with E-state index in [2.05, 4.69) is 20.8 Å². The average Bonchev–Trinajstić information content (AvgIpc) is 1.98. The van der Waals surface area contributed by atoms with Crippen molar-refractivity contribution in [2.45, 2.75) is 47.0 Å². The van der Waals surface area contributed by atoms with Crippen LogP contribution in [0, 0.1) is 11.8 Å². The number of Topliss-reactive ketones (excluding diaryl/α,β-unsaturated/α-hetero) is 1. The van der Waals surface area contributed by atoms with E-state index in [4.69, 9.17) is 0 Å². The lowest BCUT2D eigenvalue weighted by Crippen LogP contribution is -2.19. The molecule has 11 heavy (non-hydrogen) atoms. The molecule has 0 aromatic rings. The molecule has 0 aromatic heterocycles. The molecule has 0 saturated carbocycles. The fraction of sp³-hybridized carbons (Fsp3) is 0.900. The van der Waals surface area contributed by atoms with Gasteiger partial charge in [0.25, 0.3) is 0 Å². The number of hydrogen-bond acceptors (Lipinski definition) is 1. The van der Waals surface area contributed by atoms with Crippen LogP contribution in [0.1, 0.15) is 47.0 Å². The molecule has 0 radical (unpaired) electrons. The van der Waals surface area contributed by atoms with Gasteiger partial charge in [0.2, 0.25) is 0 Å². The van der Waals surface area contributed by atoms with Crippen molar-refractivity contribution in [3.05, 3.63) is 0 Å². The molecule has 0 spiro atoms. The van der Waals surface area contributed by atoms with Crippen LogP contribution in [0.25, 0.3) is 0 Å². The van der Waals surface area contributed by atoms with E-state index in [1.54, 1.807) is 0 Å². The average molecular weight is 156 g/mol. The quantitative estimate of drug-likeness (QED) is 0.598. The number of hydrogen-bond donors (Lipinski definition) is 0. The summed E-state index contributed by atoms with van der Waals surface area (Å²) in [7, 11) is 0. The van der Waals surface area contributed by atoms with Crippen LogP contribution in [-0.4, -0.2) is 5.78 Å². The monoisotopic (exact) mass is 156 g/mol. The van der Waals surface area contributed by atoms with Gasteiger partial charge in [0, 0.05) is 12.3 Å². The summed E-state index contributed by atoms with van der Waals surface area (Å²) in [6.45, 7) is 8.35. The molecule has 66 valence electrons. The molecule has 1 heteroatoms. The largest absolute Gasteiger partial charge is 0.299 e. The normalized spacial score (nSPS) is 13.5. The van der Waals surface area contributed by atoms with Crippen LogP contribution in [0.3, 0.4) is 0 Å². The SMILES string of the molecule is CCC[C@H](C(=O)CC)C(C)C. The number of carbonyl (C=O) groups excluding carboxylic acids is 1. The molecule has 0 rings (SSSR count). The number of ketones is 1. The predicted molar refractivity (Wildman–Crippen MR) is 48.5 cm³/mol. The summed E-state index contributed by atoms with van der Waals surface area (Å²) >= 11 is 0. The Kier molecular flexibility index (Phi) is 5.18. The first-order valence-electron chi connectivity index (χ1n) is 4.66. The Hall–Kier alpha value is -0.330. The van der Waals surface area contributed by atoms with Crippen LogP contribution in [0.4, 0.5) is 0 Å². The van der Waals surface area contributed by atoms with Crippen LogP contribution < -0.4 is 0 Å². The van der Waals surface area contributed by atoms with Crippen molar-refractivity contribution in [1.29, 1.82) is 0 Å². The van der Waals surface area contributed by atoms with Crippen LogP contribution in [0.15, 0.2) is 0 Å². The summed E-state index contributed by atoms with van der Waals surface area (Å²) in [5, 5.41) is 0. The van der Waals surface area contributed by atoms with Gasteiger partial charge >= 0.3 is 0 Å². The van der Waals surface area contributed by atoms with Gasteiger partial charge in [-0.2, -0.15) is 0 Å². The first-order chi connectivity index (χ1) is 5.13. The van der Waals surface area contributed by atoms with E-state index in [0.717, 1.165) is 12.8 Å². The fourth-order valence-corrected chi connectivity index (χ4v) is 1.44. The van der Waals surface area contributed by atoms with Gasteiger partial charge in [0.05, 0.1) is 0 Å². The molecule has 0 N–H and O–H groups in total. The van der Waals surface area contributed by atoms with Crippen molar-refractivity contribution >= 4 is 5.78 Å². The molecule has 0 saturated heterocycles. The molecule has 1 nitrogen and oxygen atoms in total. The molecule has 0 aromatic carbocycles. The van der Waals surface area contributed by atoms with Crippen LogP contribution in [0.2, 0.25) is 0 Å². The van der Waals surface area contributed by atoms with Crippen molar-refractivity contribution in [3.63, 3.8) is 0 Å². The Morgan fingerprint density at radius 3 is 2.09 bits per heavy atom. The minimum absolute atomic E-state index is 0.310. The molecule has 0 aliphatic carbocycles. The van der Waals surface area contributed by atoms with Crippen molar-refractivity contribution in [2.24, 2.45) is 11.8 Å². The Bertz CT molecular complexity index is 116. The minimum atomic E-state index is 0.310. The molecule has 0 amide bonds. The summed E-state index contributed by atoms with van der Waals surface area (Å²) in [5.74, 6) is 1.26. The third-order valence-electron chi connectivity index (χ3n) is 2.17. The van der Waals surface area contributed by atoms with E-state index < -0.39 is 0 Å². The predicted octanol–water partition coefficient (Wildman–Crippen LogP) is 3.04. The summed E-state index contributed by atoms with van der Waals surface area (Å²) < 4.78 is 0. The van der Waals surface area contributed by atoms with E-state index in [-0.39, 0.29) is 0 Å². The topological polar surface area (TPSA) is 17.1 Å². The van der Waals surface area contributed by atoms with Gasteiger partial charge in [0.1, 0.15) is 5.78 Å². The van der Waals surface area contributed by atoms with Crippen molar-refractivity contribution in [3.8, 4) is 0 Å². The number of carbonyl (C=O) groups is 1. The summed E-state index contributed by atoms with van der Waals surface area (Å²) in [4.78, 5) is 11.3. The Labute approximate surface area is 70.2 Å². The molecule has 0 bridgehead atoms. The first kappa shape index (κ1) is 10.7. The standard InChI is InChI=1S/C10H20O/c1-5-7-9(8(3)4)10(11)6-2/h8-9H,5-7H2,1-4H3/t9-/m0/s1. The molecule has 0 aliphatic heterocycles. The van der Waals surface area contributed by atoms with Crippen LogP contribution in [0.5, 0.6) is 0 Å². The molecule has 0 unspecified atom stereocenters. The van der Waals surface area contributed by atoms with Crippen LogP contribution >= 0.6 is 0 Å². The highest BCUT2D eigenvalue weighted by atomic mass is 16.1. The van der Waals surface area contributed by atoms with E-state index in [9.17, 15) is 4.79 Å².